The molecule has 0 aliphatic heterocycles. The lowest BCUT2D eigenvalue weighted by atomic mass is 10.2. The molecule has 0 atom stereocenters. The maximum absolute atomic E-state index is 5.43. The molecule has 0 spiro atoms. The van der Waals surface area contributed by atoms with Gasteiger partial charge in [0.1, 0.15) is 12.4 Å². The molecule has 0 aliphatic rings. The van der Waals surface area contributed by atoms with Crippen molar-refractivity contribution in [3.05, 3.63) is 23.8 Å². The fourth-order valence-corrected chi connectivity index (χ4v) is 2.69. The highest BCUT2D eigenvalue weighted by Crippen LogP contribution is 2.39. The average Bonchev–Trinajstić information content (AvgIpc) is 3.08. The van der Waals surface area contributed by atoms with Gasteiger partial charge in [0.2, 0.25) is 5.75 Å². The second-order valence-corrected chi connectivity index (χ2v) is 6.40. The fourth-order valence-electron chi connectivity index (χ4n) is 2.69. The summed E-state index contributed by atoms with van der Waals surface area (Å²) in [5.41, 5.74) is 0.745. The summed E-state index contributed by atoms with van der Waals surface area (Å²) in [6.45, 7) is 6.35. The van der Waals surface area contributed by atoms with Crippen molar-refractivity contribution >= 4 is 11.6 Å². The van der Waals surface area contributed by atoms with Gasteiger partial charge in [-0.2, -0.15) is 0 Å². The largest absolute Gasteiger partial charge is 0.493 e. The van der Waals surface area contributed by atoms with Crippen LogP contribution in [0.1, 0.15) is 25.0 Å². The van der Waals surface area contributed by atoms with E-state index in [1.165, 1.54) is 0 Å². The summed E-state index contributed by atoms with van der Waals surface area (Å²) in [5.74, 6) is 3.85. The summed E-state index contributed by atoms with van der Waals surface area (Å²) in [6.07, 6.45) is 0.854. The molecule has 0 saturated heterocycles. The van der Waals surface area contributed by atoms with Crippen LogP contribution in [0.2, 0.25) is 0 Å². The summed E-state index contributed by atoms with van der Waals surface area (Å²) in [6, 6.07) is 3.65. The van der Waals surface area contributed by atoms with Crippen molar-refractivity contribution in [1.82, 2.24) is 20.1 Å². The van der Waals surface area contributed by atoms with E-state index in [0.717, 1.165) is 23.8 Å². The van der Waals surface area contributed by atoms with Gasteiger partial charge in [-0.3, -0.25) is 0 Å². The molecule has 30 heavy (non-hydrogen) atoms. The van der Waals surface area contributed by atoms with Crippen LogP contribution in [-0.4, -0.2) is 61.8 Å². The first-order valence-electron chi connectivity index (χ1n) is 9.81. The van der Waals surface area contributed by atoms with E-state index in [1.54, 1.807) is 21.3 Å². The molecular formula is C20H32N6O4. The molecule has 0 amide bonds. The van der Waals surface area contributed by atoms with Crippen molar-refractivity contribution in [3.63, 3.8) is 0 Å². The van der Waals surface area contributed by atoms with Gasteiger partial charge in [-0.25, -0.2) is 4.99 Å². The first kappa shape index (κ1) is 23.3. The third kappa shape index (κ3) is 6.24. The van der Waals surface area contributed by atoms with Crippen molar-refractivity contribution in [2.45, 2.75) is 26.8 Å². The van der Waals surface area contributed by atoms with E-state index >= 15 is 0 Å². The lowest BCUT2D eigenvalue weighted by Crippen LogP contribution is -2.32. The highest BCUT2D eigenvalue weighted by molar-refractivity contribution is 5.94. The third-order valence-electron chi connectivity index (χ3n) is 4.45. The zero-order valence-electron chi connectivity index (χ0n) is 18.6. The number of hydrogen-bond acceptors (Lipinski definition) is 7. The monoisotopic (exact) mass is 420 g/mol. The zero-order chi connectivity index (χ0) is 21.9. The molecule has 0 unspecified atom stereocenters. The lowest BCUT2D eigenvalue weighted by molar-refractivity contribution is 0.146. The summed E-state index contributed by atoms with van der Waals surface area (Å²) in [5, 5.41) is 14.9. The van der Waals surface area contributed by atoms with Crippen LogP contribution in [-0.2, 0) is 18.3 Å². The van der Waals surface area contributed by atoms with Crippen molar-refractivity contribution < 1.29 is 18.9 Å². The van der Waals surface area contributed by atoms with Crippen LogP contribution in [0.25, 0.3) is 0 Å². The molecular weight excluding hydrogens is 388 g/mol. The zero-order valence-corrected chi connectivity index (χ0v) is 18.6. The Hall–Kier alpha value is -3.01. The number of nitrogens with one attached hydrogen (secondary N) is 2. The fraction of sp³-hybridized carbons (Fsp3) is 0.550. The summed E-state index contributed by atoms with van der Waals surface area (Å²) >= 11 is 0. The molecule has 0 saturated carbocycles. The van der Waals surface area contributed by atoms with Crippen LogP contribution in [0.4, 0.5) is 5.69 Å². The van der Waals surface area contributed by atoms with Crippen LogP contribution in [0.5, 0.6) is 17.2 Å². The Balaban J connectivity index is 2.20. The number of guanidine groups is 1. The second kappa shape index (κ2) is 11.9. The van der Waals surface area contributed by atoms with E-state index in [-0.39, 0.29) is 0 Å². The van der Waals surface area contributed by atoms with Crippen LogP contribution in [0, 0.1) is 6.92 Å². The van der Waals surface area contributed by atoms with Crippen LogP contribution in [0.15, 0.2) is 17.1 Å². The van der Waals surface area contributed by atoms with Crippen LogP contribution < -0.4 is 24.8 Å². The van der Waals surface area contributed by atoms with Crippen molar-refractivity contribution in [1.29, 1.82) is 0 Å². The predicted octanol–water partition coefficient (Wildman–Crippen LogP) is 2.13. The van der Waals surface area contributed by atoms with Gasteiger partial charge in [-0.15, -0.1) is 10.2 Å². The van der Waals surface area contributed by atoms with Crippen molar-refractivity contribution in [3.8, 4) is 17.2 Å². The first-order valence-corrected chi connectivity index (χ1v) is 9.81. The van der Waals surface area contributed by atoms with Gasteiger partial charge in [-0.1, -0.05) is 0 Å². The predicted molar refractivity (Wildman–Crippen MR) is 116 cm³/mol. The van der Waals surface area contributed by atoms with Gasteiger partial charge in [0, 0.05) is 44.6 Å². The van der Waals surface area contributed by atoms with E-state index in [4.69, 9.17) is 18.9 Å². The van der Waals surface area contributed by atoms with Gasteiger partial charge < -0.3 is 34.1 Å². The molecule has 0 aliphatic carbocycles. The van der Waals surface area contributed by atoms with E-state index in [9.17, 15) is 0 Å². The number of ether oxygens (including phenoxy) is 4. The molecule has 166 valence electrons. The Morgan fingerprint density at radius 2 is 1.80 bits per heavy atom. The molecule has 1 heterocycles. The molecule has 1 aromatic heterocycles. The van der Waals surface area contributed by atoms with E-state index < -0.39 is 0 Å². The molecule has 0 fully saturated rings. The quantitative estimate of drug-likeness (QED) is 0.324. The van der Waals surface area contributed by atoms with Gasteiger partial charge in [-0.05, 0) is 20.3 Å². The van der Waals surface area contributed by atoms with E-state index in [1.807, 2.05) is 37.6 Å². The number of hydrogen-bond donors (Lipinski definition) is 2. The van der Waals surface area contributed by atoms with E-state index in [2.05, 4.69) is 25.8 Å². The molecule has 2 rings (SSSR count). The van der Waals surface area contributed by atoms with Crippen LogP contribution in [0.3, 0.4) is 0 Å². The van der Waals surface area contributed by atoms with Crippen LogP contribution >= 0.6 is 0 Å². The van der Waals surface area contributed by atoms with Gasteiger partial charge in [0.15, 0.2) is 23.3 Å². The summed E-state index contributed by atoms with van der Waals surface area (Å²) < 4.78 is 23.6. The number of aryl methyl sites for hydroxylation is 1. The number of benzene rings is 1. The number of anilines is 1. The number of nitrogens with zero attached hydrogens (tertiary/aromatic N) is 4. The minimum absolute atomic E-state index is 0.378. The Morgan fingerprint density at radius 3 is 2.33 bits per heavy atom. The second-order valence-electron chi connectivity index (χ2n) is 6.40. The molecule has 0 radical (unpaired) electrons. The smallest absolute Gasteiger partial charge is 0.203 e. The standard InChI is InChI=1S/C20H32N6O4/c1-7-30-10-8-9-21-20(22-13-18-25-24-14(2)26(18)3)23-15-11-16(27-4)19(29-6)17(12-15)28-5/h11-12H,7-10,13H2,1-6H3,(H2,21,22,23). The first-order chi connectivity index (χ1) is 14.5. The molecule has 1 aromatic carbocycles. The molecule has 2 N–H and O–H groups in total. The van der Waals surface area contributed by atoms with Gasteiger partial charge in [0.25, 0.3) is 0 Å². The molecule has 10 nitrogen and oxygen atoms in total. The minimum Gasteiger partial charge on any atom is -0.493 e. The normalized spacial score (nSPS) is 11.3. The topological polar surface area (TPSA) is 104 Å². The SMILES string of the molecule is CCOCCCNC(=NCc1nnc(C)n1C)Nc1cc(OC)c(OC)c(OC)c1. The number of methoxy groups -OCH3 is 3. The third-order valence-corrected chi connectivity index (χ3v) is 4.45. The Morgan fingerprint density at radius 1 is 1.10 bits per heavy atom. The Labute approximate surface area is 177 Å². The average molecular weight is 421 g/mol. The highest BCUT2D eigenvalue weighted by Gasteiger charge is 2.14. The van der Waals surface area contributed by atoms with Gasteiger partial charge in [0.05, 0.1) is 21.3 Å². The summed E-state index contributed by atoms with van der Waals surface area (Å²) in [7, 11) is 6.65. The Kier molecular flexibility index (Phi) is 9.20. The molecule has 0 bridgehead atoms. The molecule has 2 aromatic rings. The highest BCUT2D eigenvalue weighted by atomic mass is 16.5. The van der Waals surface area contributed by atoms with Gasteiger partial charge >= 0.3 is 0 Å². The van der Waals surface area contributed by atoms with Crippen molar-refractivity contribution in [2.75, 3.05) is 46.4 Å². The minimum atomic E-state index is 0.378. The number of aromatic nitrogens is 3. The van der Waals surface area contributed by atoms with Crippen molar-refractivity contribution in [2.24, 2.45) is 12.0 Å². The summed E-state index contributed by atoms with van der Waals surface area (Å²) in [4.78, 5) is 4.65. The lowest BCUT2D eigenvalue weighted by Gasteiger charge is -2.17. The maximum Gasteiger partial charge on any atom is 0.203 e. The Bertz CT molecular complexity index is 812. The number of aliphatic imine (C=N–C) groups is 1. The molecule has 10 heteroatoms. The number of rotatable bonds is 11. The maximum atomic E-state index is 5.43. The van der Waals surface area contributed by atoms with E-state index in [0.29, 0.717) is 49.5 Å².